The van der Waals surface area contributed by atoms with Gasteiger partial charge in [0.05, 0.1) is 6.10 Å². The van der Waals surface area contributed by atoms with E-state index in [4.69, 9.17) is 0 Å². The average Bonchev–Trinajstić information content (AvgIpc) is 3.25. The van der Waals surface area contributed by atoms with Gasteiger partial charge in [0.2, 0.25) is 0 Å². The second kappa shape index (κ2) is 5.89. The summed E-state index contributed by atoms with van der Waals surface area (Å²) in [5.74, 6) is 0.584. The Kier molecular flexibility index (Phi) is 4.22. The Morgan fingerprint density at radius 3 is 2.17 bits per heavy atom. The molecule has 3 aliphatic rings. The molecule has 0 spiro atoms. The maximum absolute atomic E-state index is 10.4. The number of hydrogen-bond donors (Lipinski definition) is 1. The zero-order chi connectivity index (χ0) is 12.4. The number of piperazine rings is 1. The molecule has 3 nitrogen and oxygen atoms in total. The second-order valence-electron chi connectivity index (χ2n) is 6.53. The van der Waals surface area contributed by atoms with Crippen LogP contribution in [-0.4, -0.2) is 59.8 Å². The first-order valence-corrected chi connectivity index (χ1v) is 7.97. The summed E-state index contributed by atoms with van der Waals surface area (Å²) in [4.78, 5) is 5.13. The van der Waals surface area contributed by atoms with Gasteiger partial charge in [-0.15, -0.1) is 0 Å². The van der Waals surface area contributed by atoms with E-state index in [-0.39, 0.29) is 6.10 Å². The minimum Gasteiger partial charge on any atom is -0.392 e. The molecule has 3 heteroatoms. The van der Waals surface area contributed by atoms with Crippen molar-refractivity contribution in [3.8, 4) is 0 Å². The number of rotatable bonds is 4. The lowest BCUT2D eigenvalue weighted by Crippen LogP contribution is -2.50. The summed E-state index contributed by atoms with van der Waals surface area (Å²) in [5, 5.41) is 10.4. The van der Waals surface area contributed by atoms with Crippen LogP contribution in [0, 0.1) is 5.92 Å². The van der Waals surface area contributed by atoms with E-state index < -0.39 is 0 Å². The Bertz CT molecular complexity index is 253. The van der Waals surface area contributed by atoms with E-state index in [0.717, 1.165) is 12.6 Å². The standard InChI is InChI=1S/C15H28N2O/c18-15(13-4-2-1-3-5-13)12-16-8-10-17(11-9-16)14-6-7-14/h13-15,18H,1-12H2. The van der Waals surface area contributed by atoms with Crippen molar-refractivity contribution in [2.24, 2.45) is 5.92 Å². The molecule has 2 aliphatic carbocycles. The van der Waals surface area contributed by atoms with Gasteiger partial charge in [-0.2, -0.15) is 0 Å². The summed E-state index contributed by atoms with van der Waals surface area (Å²) in [6.07, 6.45) is 9.32. The molecule has 0 bridgehead atoms. The first kappa shape index (κ1) is 12.9. The fourth-order valence-electron chi connectivity index (χ4n) is 3.68. The third-order valence-corrected chi connectivity index (χ3v) is 5.11. The molecule has 104 valence electrons. The van der Waals surface area contributed by atoms with Crippen LogP contribution in [-0.2, 0) is 0 Å². The van der Waals surface area contributed by atoms with Crippen LogP contribution in [0.4, 0.5) is 0 Å². The van der Waals surface area contributed by atoms with Crippen LogP contribution in [0.5, 0.6) is 0 Å². The lowest BCUT2D eigenvalue weighted by atomic mass is 9.85. The van der Waals surface area contributed by atoms with Crippen LogP contribution in [0.25, 0.3) is 0 Å². The fourth-order valence-corrected chi connectivity index (χ4v) is 3.68. The van der Waals surface area contributed by atoms with Crippen molar-refractivity contribution in [3.63, 3.8) is 0 Å². The van der Waals surface area contributed by atoms with Gasteiger partial charge in [-0.05, 0) is 31.6 Å². The van der Waals surface area contributed by atoms with E-state index in [1.807, 2.05) is 0 Å². The van der Waals surface area contributed by atoms with Crippen molar-refractivity contribution in [1.82, 2.24) is 9.80 Å². The van der Waals surface area contributed by atoms with Gasteiger partial charge in [0, 0.05) is 38.8 Å². The predicted octanol–water partition coefficient (Wildman–Crippen LogP) is 1.71. The predicted molar refractivity (Wildman–Crippen MR) is 73.6 cm³/mol. The highest BCUT2D eigenvalue weighted by Crippen LogP contribution is 2.29. The summed E-state index contributed by atoms with van der Waals surface area (Å²) in [6.45, 7) is 5.70. The highest BCUT2D eigenvalue weighted by molar-refractivity contribution is 4.88. The van der Waals surface area contributed by atoms with Crippen molar-refractivity contribution >= 4 is 0 Å². The van der Waals surface area contributed by atoms with Crippen LogP contribution in [0.3, 0.4) is 0 Å². The van der Waals surface area contributed by atoms with Gasteiger partial charge >= 0.3 is 0 Å². The van der Waals surface area contributed by atoms with Gasteiger partial charge in [0.15, 0.2) is 0 Å². The molecule has 1 aliphatic heterocycles. The molecule has 1 N–H and O–H groups in total. The largest absolute Gasteiger partial charge is 0.392 e. The second-order valence-corrected chi connectivity index (χ2v) is 6.53. The topological polar surface area (TPSA) is 26.7 Å². The SMILES string of the molecule is OC(CN1CCN(C2CC2)CC1)C1CCCCC1. The molecular formula is C15H28N2O. The van der Waals surface area contributed by atoms with E-state index >= 15 is 0 Å². The Hall–Kier alpha value is -0.120. The van der Waals surface area contributed by atoms with Crippen LogP contribution >= 0.6 is 0 Å². The van der Waals surface area contributed by atoms with E-state index in [1.54, 1.807) is 0 Å². The fraction of sp³-hybridized carbons (Fsp3) is 1.00. The molecular weight excluding hydrogens is 224 g/mol. The Balaban J connectivity index is 1.39. The zero-order valence-corrected chi connectivity index (χ0v) is 11.6. The minimum atomic E-state index is -0.0715. The molecule has 2 saturated carbocycles. The van der Waals surface area contributed by atoms with Crippen LogP contribution in [0.1, 0.15) is 44.9 Å². The van der Waals surface area contributed by atoms with Crippen molar-refractivity contribution in [1.29, 1.82) is 0 Å². The number of β-amino-alcohol motifs (C(OH)–C–C–N with tert-alkyl or cyclic N) is 1. The highest BCUT2D eigenvalue weighted by Gasteiger charge is 2.32. The first-order chi connectivity index (χ1) is 8.83. The van der Waals surface area contributed by atoms with Crippen LogP contribution in [0.2, 0.25) is 0 Å². The third-order valence-electron chi connectivity index (χ3n) is 5.11. The van der Waals surface area contributed by atoms with Crippen LogP contribution in [0.15, 0.2) is 0 Å². The monoisotopic (exact) mass is 252 g/mol. The van der Waals surface area contributed by atoms with E-state index in [2.05, 4.69) is 9.80 Å². The summed E-state index contributed by atoms with van der Waals surface area (Å²) < 4.78 is 0. The molecule has 3 fully saturated rings. The van der Waals surface area contributed by atoms with Gasteiger partial charge in [-0.1, -0.05) is 19.3 Å². The summed E-state index contributed by atoms with van der Waals surface area (Å²) >= 11 is 0. The molecule has 1 atom stereocenters. The maximum Gasteiger partial charge on any atom is 0.0695 e. The smallest absolute Gasteiger partial charge is 0.0695 e. The molecule has 0 aromatic carbocycles. The van der Waals surface area contributed by atoms with E-state index in [1.165, 1.54) is 71.1 Å². The Morgan fingerprint density at radius 1 is 0.889 bits per heavy atom. The average molecular weight is 252 g/mol. The van der Waals surface area contributed by atoms with Gasteiger partial charge in [-0.3, -0.25) is 9.80 Å². The molecule has 0 aromatic heterocycles. The van der Waals surface area contributed by atoms with Crippen molar-refractivity contribution < 1.29 is 5.11 Å². The molecule has 0 aromatic rings. The lowest BCUT2D eigenvalue weighted by molar-refractivity contribution is 0.0283. The van der Waals surface area contributed by atoms with Crippen LogP contribution < -0.4 is 0 Å². The molecule has 1 unspecified atom stereocenters. The quantitative estimate of drug-likeness (QED) is 0.825. The molecule has 0 amide bonds. The summed E-state index contributed by atoms with van der Waals surface area (Å²) in [6, 6.07) is 0.912. The van der Waals surface area contributed by atoms with E-state index in [9.17, 15) is 5.11 Å². The van der Waals surface area contributed by atoms with Crippen molar-refractivity contribution in [2.45, 2.75) is 57.1 Å². The van der Waals surface area contributed by atoms with E-state index in [0.29, 0.717) is 5.92 Å². The van der Waals surface area contributed by atoms with Crippen molar-refractivity contribution in [2.75, 3.05) is 32.7 Å². The zero-order valence-electron chi connectivity index (χ0n) is 11.6. The molecule has 0 radical (unpaired) electrons. The van der Waals surface area contributed by atoms with Crippen molar-refractivity contribution in [3.05, 3.63) is 0 Å². The molecule has 1 saturated heterocycles. The van der Waals surface area contributed by atoms with Gasteiger partial charge < -0.3 is 5.11 Å². The molecule has 1 heterocycles. The third kappa shape index (κ3) is 3.25. The van der Waals surface area contributed by atoms with Gasteiger partial charge in [-0.25, -0.2) is 0 Å². The number of aliphatic hydroxyl groups excluding tert-OH is 1. The summed E-state index contributed by atoms with van der Waals surface area (Å²) in [7, 11) is 0. The Morgan fingerprint density at radius 2 is 1.56 bits per heavy atom. The Labute approximate surface area is 111 Å². The lowest BCUT2D eigenvalue weighted by Gasteiger charge is -2.37. The number of nitrogens with zero attached hydrogens (tertiary/aromatic N) is 2. The molecule has 3 rings (SSSR count). The van der Waals surface area contributed by atoms with Gasteiger partial charge in [0.25, 0.3) is 0 Å². The minimum absolute atomic E-state index is 0.0715. The summed E-state index contributed by atoms with van der Waals surface area (Å²) in [5.41, 5.74) is 0. The number of aliphatic hydroxyl groups is 1. The maximum atomic E-state index is 10.4. The van der Waals surface area contributed by atoms with Gasteiger partial charge in [0.1, 0.15) is 0 Å². The molecule has 18 heavy (non-hydrogen) atoms. The number of hydrogen-bond acceptors (Lipinski definition) is 3. The normalized spacial score (nSPS) is 30.5. The first-order valence-electron chi connectivity index (χ1n) is 7.97. The highest BCUT2D eigenvalue weighted by atomic mass is 16.3.